The molecule has 2 aliphatic rings. The molecule has 1 saturated heterocycles. The smallest absolute Gasteiger partial charge is 0.243 e. The largest absolute Gasteiger partial charge is 0.497 e. The molecule has 0 bridgehead atoms. The van der Waals surface area contributed by atoms with E-state index in [1.807, 2.05) is 6.92 Å². The van der Waals surface area contributed by atoms with Crippen molar-refractivity contribution in [2.75, 3.05) is 38.2 Å². The minimum Gasteiger partial charge on any atom is -0.497 e. The lowest BCUT2D eigenvalue weighted by Crippen LogP contribution is -2.33. The Morgan fingerprint density at radius 2 is 1.64 bits per heavy atom. The van der Waals surface area contributed by atoms with Gasteiger partial charge in [-0.3, -0.25) is 0 Å². The lowest BCUT2D eigenvalue weighted by molar-refractivity contribution is 0.413. The highest BCUT2D eigenvalue weighted by Crippen LogP contribution is 2.26. The molecule has 8 heteroatoms. The van der Waals surface area contributed by atoms with E-state index in [-0.39, 0.29) is 0 Å². The van der Waals surface area contributed by atoms with Crippen LogP contribution in [-0.2, 0) is 22.9 Å². The van der Waals surface area contributed by atoms with Crippen molar-refractivity contribution in [1.29, 1.82) is 0 Å². The van der Waals surface area contributed by atoms with Gasteiger partial charge in [0, 0.05) is 38.3 Å². The molecule has 1 fully saturated rings. The van der Waals surface area contributed by atoms with Crippen LogP contribution in [0.2, 0.25) is 0 Å². The third-order valence-electron chi connectivity index (χ3n) is 5.58. The summed E-state index contributed by atoms with van der Waals surface area (Å²) >= 11 is 0. The molecule has 7 nitrogen and oxygen atoms in total. The van der Waals surface area contributed by atoms with Crippen molar-refractivity contribution in [2.24, 2.45) is 0 Å². The quantitative estimate of drug-likeness (QED) is 0.780. The lowest BCUT2D eigenvalue weighted by Gasteiger charge is -2.20. The number of methoxy groups -OCH3 is 1. The summed E-state index contributed by atoms with van der Waals surface area (Å²) in [5, 5.41) is 0. The van der Waals surface area contributed by atoms with Crippen molar-refractivity contribution < 1.29 is 13.2 Å². The fourth-order valence-electron chi connectivity index (χ4n) is 3.95. The summed E-state index contributed by atoms with van der Waals surface area (Å²) in [6, 6.07) is 6.56. The molecule has 0 radical (unpaired) electrons. The summed E-state index contributed by atoms with van der Waals surface area (Å²) in [6.07, 6.45) is 3.59. The molecule has 0 amide bonds. The highest BCUT2D eigenvalue weighted by Gasteiger charge is 2.28. The molecule has 1 aromatic heterocycles. The van der Waals surface area contributed by atoms with E-state index in [1.165, 1.54) is 12.8 Å². The third kappa shape index (κ3) is 3.58. The second kappa shape index (κ2) is 7.67. The molecule has 2 aromatic rings. The zero-order chi connectivity index (χ0) is 19.7. The maximum Gasteiger partial charge on any atom is 0.243 e. The van der Waals surface area contributed by atoms with Gasteiger partial charge in [-0.2, -0.15) is 4.31 Å². The van der Waals surface area contributed by atoms with Crippen LogP contribution in [0.5, 0.6) is 5.75 Å². The number of aryl methyl sites for hydroxylation is 1. The van der Waals surface area contributed by atoms with Crippen molar-refractivity contribution in [2.45, 2.75) is 37.5 Å². The van der Waals surface area contributed by atoms with Gasteiger partial charge in [0.15, 0.2) is 0 Å². The van der Waals surface area contributed by atoms with E-state index in [1.54, 1.807) is 35.7 Å². The molecule has 0 N–H and O–H groups in total. The first-order valence-corrected chi connectivity index (χ1v) is 11.2. The minimum atomic E-state index is -3.55. The molecule has 0 spiro atoms. The number of hydrogen-bond donors (Lipinski definition) is 0. The standard InChI is InChI=1S/C20H26N4O3S/c1-15-18-9-13-24(28(25,26)17-7-5-16(27-2)6-8-17)14-10-19(18)22-20(21-15)23-11-3-4-12-23/h5-8H,3-4,9-14H2,1-2H3. The molecule has 0 unspecified atom stereocenters. The van der Waals surface area contributed by atoms with E-state index in [9.17, 15) is 8.42 Å². The molecule has 28 heavy (non-hydrogen) atoms. The molecule has 0 atom stereocenters. The number of sulfonamides is 1. The maximum atomic E-state index is 13.1. The number of anilines is 1. The van der Waals surface area contributed by atoms with Gasteiger partial charge in [-0.1, -0.05) is 0 Å². The van der Waals surface area contributed by atoms with E-state index in [2.05, 4.69) is 4.90 Å². The summed E-state index contributed by atoms with van der Waals surface area (Å²) in [6.45, 7) is 4.87. The van der Waals surface area contributed by atoms with Gasteiger partial charge in [0.05, 0.1) is 17.7 Å². The van der Waals surface area contributed by atoms with Crippen LogP contribution in [0.3, 0.4) is 0 Å². The van der Waals surface area contributed by atoms with Gasteiger partial charge in [-0.05, 0) is 56.0 Å². The van der Waals surface area contributed by atoms with Crippen LogP contribution in [0.4, 0.5) is 5.95 Å². The van der Waals surface area contributed by atoms with Gasteiger partial charge in [0.25, 0.3) is 0 Å². The first-order valence-electron chi connectivity index (χ1n) is 9.74. The number of rotatable bonds is 4. The third-order valence-corrected chi connectivity index (χ3v) is 7.50. The SMILES string of the molecule is COc1ccc(S(=O)(=O)N2CCc3nc(N4CCCC4)nc(C)c3CC2)cc1. The van der Waals surface area contributed by atoms with Crippen LogP contribution in [-0.4, -0.2) is 56.0 Å². The predicted octanol–water partition coefficient (Wildman–Crippen LogP) is 2.18. The Bertz CT molecular complexity index is 954. The van der Waals surface area contributed by atoms with Crippen molar-refractivity contribution in [1.82, 2.24) is 14.3 Å². The number of ether oxygens (including phenoxy) is 1. The Morgan fingerprint density at radius 1 is 0.964 bits per heavy atom. The van der Waals surface area contributed by atoms with E-state index >= 15 is 0 Å². The molecule has 1 aromatic carbocycles. The first-order chi connectivity index (χ1) is 13.5. The van der Waals surface area contributed by atoms with Gasteiger partial charge < -0.3 is 9.64 Å². The average Bonchev–Trinajstić information content (AvgIpc) is 3.14. The normalized spacial score (nSPS) is 18.0. The molecular weight excluding hydrogens is 376 g/mol. The molecule has 4 rings (SSSR count). The summed E-state index contributed by atoms with van der Waals surface area (Å²) in [7, 11) is -1.98. The summed E-state index contributed by atoms with van der Waals surface area (Å²) in [4.78, 5) is 12.0. The van der Waals surface area contributed by atoms with Gasteiger partial charge in [0.2, 0.25) is 16.0 Å². The van der Waals surface area contributed by atoms with E-state index in [0.29, 0.717) is 36.6 Å². The fraction of sp³-hybridized carbons (Fsp3) is 0.500. The van der Waals surface area contributed by atoms with Crippen LogP contribution >= 0.6 is 0 Å². The minimum absolute atomic E-state index is 0.291. The Balaban J connectivity index is 1.57. The lowest BCUT2D eigenvalue weighted by atomic mass is 10.1. The van der Waals surface area contributed by atoms with Crippen LogP contribution < -0.4 is 9.64 Å². The van der Waals surface area contributed by atoms with E-state index in [0.717, 1.165) is 36.0 Å². The fourth-order valence-corrected chi connectivity index (χ4v) is 5.39. The van der Waals surface area contributed by atoms with Crippen molar-refractivity contribution >= 4 is 16.0 Å². The van der Waals surface area contributed by atoms with E-state index < -0.39 is 10.0 Å². The second-order valence-corrected chi connectivity index (χ2v) is 9.25. The van der Waals surface area contributed by atoms with Crippen LogP contribution in [0, 0.1) is 6.92 Å². The predicted molar refractivity (Wildman–Crippen MR) is 107 cm³/mol. The highest BCUT2D eigenvalue weighted by atomic mass is 32.2. The molecular formula is C20H26N4O3S. The number of aromatic nitrogens is 2. The van der Waals surface area contributed by atoms with Gasteiger partial charge in [0.1, 0.15) is 5.75 Å². The summed E-state index contributed by atoms with van der Waals surface area (Å²) < 4.78 is 32.9. The Hall–Kier alpha value is -2.19. The number of nitrogens with zero attached hydrogens (tertiary/aromatic N) is 4. The van der Waals surface area contributed by atoms with Crippen molar-refractivity contribution in [3.05, 3.63) is 41.2 Å². The van der Waals surface area contributed by atoms with Crippen LogP contribution in [0.1, 0.15) is 29.8 Å². The van der Waals surface area contributed by atoms with Crippen LogP contribution in [0.15, 0.2) is 29.2 Å². The second-order valence-electron chi connectivity index (χ2n) is 7.31. The van der Waals surface area contributed by atoms with Crippen LogP contribution in [0.25, 0.3) is 0 Å². The number of fused-ring (bicyclic) bond motifs is 1. The average molecular weight is 403 g/mol. The molecule has 2 aliphatic heterocycles. The first kappa shape index (κ1) is 19.1. The topological polar surface area (TPSA) is 75.6 Å². The zero-order valence-corrected chi connectivity index (χ0v) is 17.2. The highest BCUT2D eigenvalue weighted by molar-refractivity contribution is 7.89. The molecule has 0 saturated carbocycles. The Labute approximate surface area is 166 Å². The molecule has 3 heterocycles. The van der Waals surface area contributed by atoms with Gasteiger partial charge in [-0.15, -0.1) is 0 Å². The van der Waals surface area contributed by atoms with Gasteiger partial charge in [-0.25, -0.2) is 18.4 Å². The maximum absolute atomic E-state index is 13.1. The summed E-state index contributed by atoms with van der Waals surface area (Å²) in [5.41, 5.74) is 3.05. The summed E-state index contributed by atoms with van der Waals surface area (Å²) in [5.74, 6) is 1.43. The van der Waals surface area contributed by atoms with E-state index in [4.69, 9.17) is 14.7 Å². The monoisotopic (exact) mass is 402 g/mol. The molecule has 0 aliphatic carbocycles. The van der Waals surface area contributed by atoms with Gasteiger partial charge >= 0.3 is 0 Å². The number of hydrogen-bond acceptors (Lipinski definition) is 6. The van der Waals surface area contributed by atoms with Crippen molar-refractivity contribution in [3.63, 3.8) is 0 Å². The van der Waals surface area contributed by atoms with Crippen molar-refractivity contribution in [3.8, 4) is 5.75 Å². The zero-order valence-electron chi connectivity index (χ0n) is 16.4. The Kier molecular flexibility index (Phi) is 5.25. The number of benzene rings is 1. The Morgan fingerprint density at radius 3 is 2.32 bits per heavy atom. The molecule has 150 valence electrons.